The van der Waals surface area contributed by atoms with Gasteiger partial charge in [-0.1, -0.05) is 32.0 Å². The number of benzene rings is 1. The summed E-state index contributed by atoms with van der Waals surface area (Å²) in [7, 11) is 0. The van der Waals surface area contributed by atoms with Crippen LogP contribution in [0.25, 0.3) is 0 Å². The van der Waals surface area contributed by atoms with Crippen molar-refractivity contribution in [3.63, 3.8) is 0 Å². The lowest BCUT2D eigenvalue weighted by atomic mass is 9.79. The lowest BCUT2D eigenvalue weighted by Crippen LogP contribution is -2.29. The van der Waals surface area contributed by atoms with Gasteiger partial charge in [-0.25, -0.2) is 0 Å². The van der Waals surface area contributed by atoms with Crippen molar-refractivity contribution in [3.05, 3.63) is 30.3 Å². The maximum absolute atomic E-state index is 9.17. The molecule has 0 spiro atoms. The number of rotatable bonds is 7. The third-order valence-corrected chi connectivity index (χ3v) is 3.77. The zero-order valence-electron chi connectivity index (χ0n) is 11.9. The first kappa shape index (κ1) is 15.5. The summed E-state index contributed by atoms with van der Waals surface area (Å²) >= 11 is 0. The first-order chi connectivity index (χ1) is 9.15. The fourth-order valence-electron chi connectivity index (χ4n) is 2.11. The molecule has 19 heavy (non-hydrogen) atoms. The topological polar surface area (TPSA) is 70.6 Å². The number of hydrogen-bond acceptors (Lipinski definition) is 2. The minimum absolute atomic E-state index is 0.0533. The van der Waals surface area contributed by atoms with Gasteiger partial charge in [-0.05, 0) is 36.8 Å². The normalized spacial score (nSPS) is 12.5. The molecule has 0 aromatic heterocycles. The van der Waals surface area contributed by atoms with E-state index in [0.29, 0.717) is 12.5 Å². The predicted molar refractivity (Wildman–Crippen MR) is 81.3 cm³/mol. The molecule has 0 amide bonds. The van der Waals surface area contributed by atoms with Crippen LogP contribution in [0.15, 0.2) is 35.3 Å². The van der Waals surface area contributed by atoms with E-state index in [1.807, 2.05) is 30.3 Å². The summed E-state index contributed by atoms with van der Waals surface area (Å²) < 4.78 is 0. The zero-order chi connectivity index (χ0) is 14.1. The smallest absolute Gasteiger partial charge is 0.193 e. The number of aliphatic imine (C=N–C) groups is 1. The van der Waals surface area contributed by atoms with Gasteiger partial charge in [0.1, 0.15) is 0 Å². The summed E-state index contributed by atoms with van der Waals surface area (Å²) in [5.74, 6) is 0.426. The first-order valence-corrected chi connectivity index (χ1v) is 6.88. The van der Waals surface area contributed by atoms with Crippen LogP contribution in [0, 0.1) is 5.41 Å². The fraction of sp³-hybridized carbons (Fsp3) is 0.533. The van der Waals surface area contributed by atoms with Gasteiger partial charge in [0.25, 0.3) is 0 Å². The van der Waals surface area contributed by atoms with Gasteiger partial charge in [-0.3, -0.25) is 4.99 Å². The minimum atomic E-state index is 0.0533. The molecular formula is C15H25N3O. The predicted octanol–water partition coefficient (Wildman–Crippen LogP) is 2.60. The van der Waals surface area contributed by atoms with E-state index in [9.17, 15) is 0 Å². The van der Waals surface area contributed by atoms with Crippen molar-refractivity contribution in [2.24, 2.45) is 16.1 Å². The Morgan fingerprint density at radius 1 is 1.26 bits per heavy atom. The first-order valence-electron chi connectivity index (χ1n) is 6.88. The van der Waals surface area contributed by atoms with E-state index in [1.165, 1.54) is 0 Å². The Morgan fingerprint density at radius 2 is 1.89 bits per heavy atom. The van der Waals surface area contributed by atoms with Crippen LogP contribution < -0.4 is 11.1 Å². The largest absolute Gasteiger partial charge is 0.396 e. The number of aliphatic hydroxyl groups excluding tert-OH is 1. The lowest BCUT2D eigenvalue weighted by molar-refractivity contribution is 0.175. The lowest BCUT2D eigenvalue weighted by Gasteiger charge is -2.29. The second-order valence-corrected chi connectivity index (χ2v) is 4.87. The van der Waals surface area contributed by atoms with Gasteiger partial charge in [-0.15, -0.1) is 0 Å². The van der Waals surface area contributed by atoms with E-state index in [-0.39, 0.29) is 12.0 Å². The summed E-state index contributed by atoms with van der Waals surface area (Å²) in [4.78, 5) is 4.42. The third-order valence-electron chi connectivity index (χ3n) is 3.77. The monoisotopic (exact) mass is 263 g/mol. The van der Waals surface area contributed by atoms with E-state index >= 15 is 0 Å². The second kappa shape index (κ2) is 7.79. The van der Waals surface area contributed by atoms with E-state index in [2.05, 4.69) is 24.2 Å². The molecule has 0 fully saturated rings. The van der Waals surface area contributed by atoms with Crippen molar-refractivity contribution in [1.29, 1.82) is 0 Å². The molecule has 0 saturated heterocycles. The van der Waals surface area contributed by atoms with Crippen LogP contribution in [0.4, 0.5) is 5.69 Å². The van der Waals surface area contributed by atoms with Crippen molar-refractivity contribution < 1.29 is 5.11 Å². The maximum Gasteiger partial charge on any atom is 0.193 e. The Bertz CT molecular complexity index is 386. The summed E-state index contributed by atoms with van der Waals surface area (Å²) in [6.07, 6.45) is 2.75. The van der Waals surface area contributed by atoms with Gasteiger partial charge in [0.05, 0.1) is 0 Å². The molecular weight excluding hydrogens is 238 g/mol. The second-order valence-electron chi connectivity index (χ2n) is 4.87. The standard InChI is InChI=1S/C15H25N3O/c1-3-15(4-2,10-11-19)12-17-14(16)18-13-8-6-5-7-9-13/h5-9,19H,3-4,10-12H2,1-2H3,(H3,16,17,18). The van der Waals surface area contributed by atoms with Crippen molar-refractivity contribution in [3.8, 4) is 0 Å². The quantitative estimate of drug-likeness (QED) is 0.523. The molecule has 0 heterocycles. The number of anilines is 1. The number of nitrogens with one attached hydrogen (secondary N) is 1. The van der Waals surface area contributed by atoms with Gasteiger partial charge < -0.3 is 16.2 Å². The molecule has 4 heteroatoms. The van der Waals surface area contributed by atoms with E-state index in [4.69, 9.17) is 10.8 Å². The van der Waals surface area contributed by atoms with Gasteiger partial charge in [-0.2, -0.15) is 0 Å². The highest BCUT2D eigenvalue weighted by atomic mass is 16.3. The highest BCUT2D eigenvalue weighted by Gasteiger charge is 2.25. The van der Waals surface area contributed by atoms with E-state index < -0.39 is 0 Å². The fourth-order valence-corrected chi connectivity index (χ4v) is 2.11. The molecule has 106 valence electrons. The molecule has 0 unspecified atom stereocenters. The molecule has 0 bridgehead atoms. The van der Waals surface area contributed by atoms with Crippen LogP contribution in [0.5, 0.6) is 0 Å². The van der Waals surface area contributed by atoms with Crippen LogP contribution in [0.1, 0.15) is 33.1 Å². The van der Waals surface area contributed by atoms with E-state index in [0.717, 1.165) is 24.9 Å². The molecule has 0 radical (unpaired) electrons. The molecule has 1 rings (SSSR count). The minimum Gasteiger partial charge on any atom is -0.396 e. The Kier molecular flexibility index (Phi) is 6.36. The Hall–Kier alpha value is -1.55. The summed E-state index contributed by atoms with van der Waals surface area (Å²) in [5, 5.41) is 12.2. The summed E-state index contributed by atoms with van der Waals surface area (Å²) in [6, 6.07) is 9.75. The average molecular weight is 263 g/mol. The number of nitrogens with zero attached hydrogens (tertiary/aromatic N) is 1. The maximum atomic E-state index is 9.17. The summed E-state index contributed by atoms with van der Waals surface area (Å²) in [6.45, 7) is 5.11. The van der Waals surface area contributed by atoms with Crippen LogP contribution in [-0.2, 0) is 0 Å². The van der Waals surface area contributed by atoms with Crippen LogP contribution >= 0.6 is 0 Å². The molecule has 4 N–H and O–H groups in total. The van der Waals surface area contributed by atoms with Gasteiger partial charge in [0, 0.05) is 18.8 Å². The number of guanidine groups is 1. The number of para-hydroxylation sites is 1. The van der Waals surface area contributed by atoms with Gasteiger partial charge in [0.15, 0.2) is 5.96 Å². The Morgan fingerprint density at radius 3 is 2.42 bits per heavy atom. The van der Waals surface area contributed by atoms with Crippen molar-refractivity contribution in [1.82, 2.24) is 0 Å². The molecule has 0 aliphatic carbocycles. The number of nitrogens with two attached hydrogens (primary N) is 1. The van der Waals surface area contributed by atoms with Crippen molar-refractivity contribution in [2.45, 2.75) is 33.1 Å². The highest BCUT2D eigenvalue weighted by molar-refractivity contribution is 5.92. The van der Waals surface area contributed by atoms with E-state index in [1.54, 1.807) is 0 Å². The van der Waals surface area contributed by atoms with Gasteiger partial charge >= 0.3 is 0 Å². The van der Waals surface area contributed by atoms with Crippen LogP contribution in [0.2, 0.25) is 0 Å². The average Bonchev–Trinajstić information content (AvgIpc) is 2.45. The molecule has 0 saturated carbocycles. The molecule has 0 aliphatic heterocycles. The molecule has 1 aromatic rings. The van der Waals surface area contributed by atoms with Crippen molar-refractivity contribution in [2.75, 3.05) is 18.5 Å². The molecule has 0 aliphatic rings. The number of aliphatic hydroxyl groups is 1. The molecule has 4 nitrogen and oxygen atoms in total. The van der Waals surface area contributed by atoms with Crippen LogP contribution in [-0.4, -0.2) is 24.2 Å². The zero-order valence-corrected chi connectivity index (χ0v) is 11.9. The van der Waals surface area contributed by atoms with Crippen LogP contribution in [0.3, 0.4) is 0 Å². The Balaban J connectivity index is 2.63. The third kappa shape index (κ3) is 4.91. The highest BCUT2D eigenvalue weighted by Crippen LogP contribution is 2.30. The molecule has 1 aromatic carbocycles. The van der Waals surface area contributed by atoms with Crippen molar-refractivity contribution >= 4 is 11.6 Å². The van der Waals surface area contributed by atoms with Gasteiger partial charge in [0.2, 0.25) is 0 Å². The number of hydrogen-bond donors (Lipinski definition) is 3. The SMILES string of the molecule is CCC(CC)(CCO)CN=C(N)Nc1ccccc1. The Labute approximate surface area is 115 Å². The summed E-state index contributed by atoms with van der Waals surface area (Å²) in [5.41, 5.74) is 6.88. The molecule has 0 atom stereocenters.